The predicted molar refractivity (Wildman–Crippen MR) is 92.6 cm³/mol. The number of ether oxygens (including phenoxy) is 2. The molecule has 1 rings (SSSR count). The first kappa shape index (κ1) is 19.7. The van der Waals surface area contributed by atoms with Gasteiger partial charge in [0.15, 0.2) is 5.96 Å². The minimum Gasteiger partial charge on any atom is -0.459 e. The lowest BCUT2D eigenvalue weighted by atomic mass is 9.96. The van der Waals surface area contributed by atoms with Gasteiger partial charge in [0.05, 0.1) is 0 Å². The molecule has 1 aliphatic rings. The molecule has 0 aromatic heterocycles. The molecule has 1 fully saturated rings. The second-order valence-electron chi connectivity index (χ2n) is 7.02. The number of hydrogen-bond acceptors (Lipinski definition) is 4. The van der Waals surface area contributed by atoms with Gasteiger partial charge in [-0.25, -0.2) is 4.99 Å². The van der Waals surface area contributed by atoms with E-state index >= 15 is 0 Å². The van der Waals surface area contributed by atoms with Crippen LogP contribution < -0.4 is 5.32 Å². The average Bonchev–Trinajstić information content (AvgIpc) is 2.48. The van der Waals surface area contributed by atoms with Crippen LogP contribution in [0.25, 0.3) is 0 Å². The minimum absolute atomic E-state index is 0.0429. The molecule has 0 aromatic carbocycles. The van der Waals surface area contributed by atoms with Crippen molar-refractivity contribution in [2.24, 2.45) is 10.9 Å². The lowest BCUT2D eigenvalue weighted by molar-refractivity contribution is -0.152. The van der Waals surface area contributed by atoms with Crippen LogP contribution in [-0.2, 0) is 14.3 Å². The van der Waals surface area contributed by atoms with Crippen molar-refractivity contribution in [2.45, 2.75) is 52.6 Å². The number of esters is 1. The zero-order valence-electron chi connectivity index (χ0n) is 15.4. The maximum atomic E-state index is 11.8. The highest BCUT2D eigenvalue weighted by Gasteiger charge is 2.17. The number of hydrogen-bond donors (Lipinski definition) is 1. The van der Waals surface area contributed by atoms with E-state index in [0.717, 1.165) is 57.4 Å². The predicted octanol–water partition coefficient (Wildman–Crippen LogP) is 2.04. The minimum atomic E-state index is -0.472. The fourth-order valence-electron chi connectivity index (χ4n) is 2.50. The molecular formula is C17H33N3O3. The van der Waals surface area contributed by atoms with Crippen LogP contribution in [0.15, 0.2) is 4.99 Å². The van der Waals surface area contributed by atoms with Crippen LogP contribution >= 0.6 is 0 Å². The molecule has 0 bridgehead atoms. The SMILES string of the molecule is CCNC(=NCC(=O)OC(C)(C)C)N(C)CCC1CCOCC1. The van der Waals surface area contributed by atoms with Crippen molar-refractivity contribution in [2.75, 3.05) is 39.9 Å². The molecule has 0 saturated carbocycles. The van der Waals surface area contributed by atoms with Gasteiger partial charge in [0, 0.05) is 33.4 Å². The van der Waals surface area contributed by atoms with Crippen LogP contribution in [0.5, 0.6) is 0 Å². The molecule has 1 N–H and O–H groups in total. The molecule has 6 nitrogen and oxygen atoms in total. The maximum Gasteiger partial charge on any atom is 0.328 e. The third-order valence-electron chi connectivity index (χ3n) is 3.69. The van der Waals surface area contributed by atoms with Gasteiger partial charge in [0.2, 0.25) is 0 Å². The molecular weight excluding hydrogens is 294 g/mol. The van der Waals surface area contributed by atoms with Crippen molar-refractivity contribution in [1.29, 1.82) is 0 Å². The van der Waals surface area contributed by atoms with Gasteiger partial charge in [-0.05, 0) is 52.9 Å². The standard InChI is InChI=1S/C17H33N3O3/c1-6-18-16(19-13-15(21)23-17(2,3)4)20(5)10-7-14-8-11-22-12-9-14/h14H,6-13H2,1-5H3,(H,18,19). The molecule has 6 heteroatoms. The summed E-state index contributed by atoms with van der Waals surface area (Å²) in [5, 5.41) is 3.23. The number of nitrogens with one attached hydrogen (secondary N) is 1. The van der Waals surface area contributed by atoms with Crippen LogP contribution in [0, 0.1) is 5.92 Å². The zero-order chi connectivity index (χ0) is 17.3. The fraction of sp³-hybridized carbons (Fsp3) is 0.882. The van der Waals surface area contributed by atoms with Gasteiger partial charge in [-0.15, -0.1) is 0 Å². The van der Waals surface area contributed by atoms with Gasteiger partial charge >= 0.3 is 5.97 Å². The summed E-state index contributed by atoms with van der Waals surface area (Å²) in [6.45, 7) is 11.1. The average molecular weight is 327 g/mol. The second-order valence-corrected chi connectivity index (χ2v) is 7.02. The van der Waals surface area contributed by atoms with Crippen molar-refractivity contribution in [3.05, 3.63) is 0 Å². The van der Waals surface area contributed by atoms with Gasteiger partial charge in [-0.2, -0.15) is 0 Å². The highest BCUT2D eigenvalue weighted by molar-refractivity contribution is 5.83. The second kappa shape index (κ2) is 9.75. The highest BCUT2D eigenvalue weighted by atomic mass is 16.6. The Hall–Kier alpha value is -1.30. The van der Waals surface area contributed by atoms with Crippen molar-refractivity contribution in [3.63, 3.8) is 0 Å². The van der Waals surface area contributed by atoms with Crippen molar-refractivity contribution >= 4 is 11.9 Å². The third-order valence-corrected chi connectivity index (χ3v) is 3.69. The van der Waals surface area contributed by atoms with Gasteiger partial charge in [-0.3, -0.25) is 4.79 Å². The van der Waals surface area contributed by atoms with Gasteiger partial charge < -0.3 is 19.7 Å². The van der Waals surface area contributed by atoms with E-state index in [4.69, 9.17) is 9.47 Å². The molecule has 0 amide bonds. The van der Waals surface area contributed by atoms with E-state index in [1.54, 1.807) is 0 Å². The highest BCUT2D eigenvalue weighted by Crippen LogP contribution is 2.18. The molecule has 0 spiro atoms. The Morgan fingerprint density at radius 3 is 2.57 bits per heavy atom. The van der Waals surface area contributed by atoms with Gasteiger partial charge in [0.25, 0.3) is 0 Å². The largest absolute Gasteiger partial charge is 0.459 e. The molecule has 0 atom stereocenters. The van der Waals surface area contributed by atoms with Crippen molar-refractivity contribution < 1.29 is 14.3 Å². The summed E-state index contributed by atoms with van der Waals surface area (Å²) in [4.78, 5) is 18.3. The summed E-state index contributed by atoms with van der Waals surface area (Å²) < 4.78 is 10.7. The van der Waals surface area contributed by atoms with E-state index in [2.05, 4.69) is 15.2 Å². The number of nitrogens with zero attached hydrogens (tertiary/aromatic N) is 2. The Morgan fingerprint density at radius 1 is 1.35 bits per heavy atom. The first-order valence-corrected chi connectivity index (χ1v) is 8.61. The van der Waals surface area contributed by atoms with E-state index < -0.39 is 5.60 Å². The van der Waals surface area contributed by atoms with E-state index in [0.29, 0.717) is 0 Å². The first-order valence-electron chi connectivity index (χ1n) is 8.61. The zero-order valence-corrected chi connectivity index (χ0v) is 15.4. The van der Waals surface area contributed by atoms with E-state index in [-0.39, 0.29) is 12.5 Å². The van der Waals surface area contributed by atoms with E-state index in [1.807, 2.05) is 34.7 Å². The summed E-state index contributed by atoms with van der Waals surface area (Å²) in [7, 11) is 2.01. The van der Waals surface area contributed by atoms with Crippen molar-refractivity contribution in [1.82, 2.24) is 10.2 Å². The van der Waals surface area contributed by atoms with Crippen LogP contribution in [0.2, 0.25) is 0 Å². The normalized spacial score (nSPS) is 17.0. The van der Waals surface area contributed by atoms with Crippen LogP contribution in [-0.4, -0.2) is 62.3 Å². The molecule has 0 radical (unpaired) electrons. The molecule has 1 aliphatic heterocycles. The molecule has 0 aromatic rings. The summed E-state index contributed by atoms with van der Waals surface area (Å²) in [5.74, 6) is 1.18. The summed E-state index contributed by atoms with van der Waals surface area (Å²) in [6, 6.07) is 0. The maximum absolute atomic E-state index is 11.8. The Morgan fingerprint density at radius 2 is 2.00 bits per heavy atom. The number of rotatable bonds is 6. The monoisotopic (exact) mass is 327 g/mol. The number of carbonyl (C=O) groups is 1. The topological polar surface area (TPSA) is 63.2 Å². The summed E-state index contributed by atoms with van der Waals surface area (Å²) >= 11 is 0. The van der Waals surface area contributed by atoms with Crippen molar-refractivity contribution in [3.8, 4) is 0 Å². The molecule has 1 saturated heterocycles. The number of carbonyl (C=O) groups excluding carboxylic acids is 1. The first-order chi connectivity index (χ1) is 10.8. The summed E-state index contributed by atoms with van der Waals surface area (Å²) in [6.07, 6.45) is 3.40. The lowest BCUT2D eigenvalue weighted by Crippen LogP contribution is -2.40. The molecule has 23 heavy (non-hydrogen) atoms. The van der Waals surface area contributed by atoms with Gasteiger partial charge in [-0.1, -0.05) is 0 Å². The lowest BCUT2D eigenvalue weighted by Gasteiger charge is -2.27. The quantitative estimate of drug-likeness (QED) is 0.459. The number of guanidine groups is 1. The molecule has 134 valence electrons. The van der Waals surface area contributed by atoms with E-state index in [9.17, 15) is 4.79 Å². The smallest absolute Gasteiger partial charge is 0.328 e. The Bertz CT molecular complexity index is 385. The van der Waals surface area contributed by atoms with Crippen LogP contribution in [0.4, 0.5) is 0 Å². The Labute approximate surface area is 140 Å². The number of aliphatic imine (C=N–C) groups is 1. The third kappa shape index (κ3) is 8.79. The Kier molecular flexibility index (Phi) is 8.37. The molecule has 0 unspecified atom stereocenters. The van der Waals surface area contributed by atoms with E-state index in [1.165, 1.54) is 0 Å². The Balaban J connectivity index is 2.47. The molecule has 0 aliphatic carbocycles. The molecule has 1 heterocycles. The van der Waals surface area contributed by atoms with Crippen LogP contribution in [0.1, 0.15) is 47.0 Å². The van der Waals surface area contributed by atoms with Gasteiger partial charge in [0.1, 0.15) is 12.1 Å². The summed E-state index contributed by atoms with van der Waals surface area (Å²) in [5.41, 5.74) is -0.472. The van der Waals surface area contributed by atoms with Crippen LogP contribution in [0.3, 0.4) is 0 Å². The fourth-order valence-corrected chi connectivity index (χ4v) is 2.50.